The zero-order chi connectivity index (χ0) is 12.5. The van der Waals surface area contributed by atoms with Crippen LogP contribution in [0.25, 0.3) is 11.1 Å². The average molecular weight is 234 g/mol. The van der Waals surface area contributed by atoms with E-state index in [1.807, 2.05) is 18.2 Å². The van der Waals surface area contributed by atoms with Gasteiger partial charge in [0.1, 0.15) is 11.3 Å². The van der Waals surface area contributed by atoms with Gasteiger partial charge in [-0.15, -0.1) is 0 Å². The molecule has 0 fully saturated rings. The molecule has 92 valence electrons. The molecule has 1 unspecified atom stereocenters. The maximum Gasteiger partial charge on any atom is 0.202 e. The number of hydrogen-bond acceptors (Lipinski definition) is 4. The van der Waals surface area contributed by atoms with Crippen LogP contribution in [0.15, 0.2) is 22.6 Å². The summed E-state index contributed by atoms with van der Waals surface area (Å²) in [5.41, 5.74) is 7.19. The van der Waals surface area contributed by atoms with E-state index >= 15 is 0 Å². The molecule has 2 N–H and O–H groups in total. The molecule has 0 radical (unpaired) electrons. The molecule has 2 rings (SSSR count). The lowest BCUT2D eigenvalue weighted by Gasteiger charge is -2.21. The Morgan fingerprint density at radius 3 is 2.82 bits per heavy atom. The van der Waals surface area contributed by atoms with Crippen LogP contribution >= 0.6 is 0 Å². The first-order chi connectivity index (χ1) is 8.12. The number of methoxy groups -OCH3 is 1. The van der Waals surface area contributed by atoms with E-state index in [-0.39, 0.29) is 5.41 Å². The van der Waals surface area contributed by atoms with Crippen molar-refractivity contribution in [1.29, 1.82) is 0 Å². The quantitative estimate of drug-likeness (QED) is 0.882. The van der Waals surface area contributed by atoms with Gasteiger partial charge >= 0.3 is 0 Å². The normalized spacial score (nSPS) is 14.8. The molecule has 1 atom stereocenters. The zero-order valence-electron chi connectivity index (χ0n) is 10.5. The average Bonchev–Trinajstić information content (AvgIpc) is 2.80. The van der Waals surface area contributed by atoms with E-state index in [9.17, 15) is 0 Å². The first kappa shape index (κ1) is 11.9. The molecule has 0 saturated heterocycles. The number of rotatable bonds is 4. The summed E-state index contributed by atoms with van der Waals surface area (Å²) in [6.45, 7) is 4.67. The maximum atomic E-state index is 5.80. The van der Waals surface area contributed by atoms with E-state index in [1.165, 1.54) is 0 Å². The predicted molar refractivity (Wildman–Crippen MR) is 67.3 cm³/mol. The molecule has 0 amide bonds. The Morgan fingerprint density at radius 1 is 1.47 bits per heavy atom. The highest BCUT2D eigenvalue weighted by Gasteiger charge is 2.28. The molecule has 0 bridgehead atoms. The van der Waals surface area contributed by atoms with Crippen molar-refractivity contribution < 1.29 is 9.15 Å². The minimum Gasteiger partial charge on any atom is -0.497 e. The molecule has 17 heavy (non-hydrogen) atoms. The van der Waals surface area contributed by atoms with E-state index in [0.29, 0.717) is 12.4 Å². The van der Waals surface area contributed by atoms with E-state index in [0.717, 1.165) is 23.3 Å². The standard InChI is InChI=1S/C13H18N2O2/c1-4-13(2,8-14)12-15-10-7-9(16-3)5-6-11(10)17-12/h5-7H,4,8,14H2,1-3H3. The smallest absolute Gasteiger partial charge is 0.202 e. The molecular formula is C13H18N2O2. The van der Waals surface area contributed by atoms with E-state index in [1.54, 1.807) is 7.11 Å². The summed E-state index contributed by atoms with van der Waals surface area (Å²) in [7, 11) is 1.64. The van der Waals surface area contributed by atoms with Crippen LogP contribution in [0.1, 0.15) is 26.2 Å². The fourth-order valence-electron chi connectivity index (χ4n) is 1.68. The van der Waals surface area contributed by atoms with Crippen LogP contribution in [0, 0.1) is 0 Å². The molecule has 4 heteroatoms. The second-order valence-electron chi connectivity index (χ2n) is 4.47. The highest BCUT2D eigenvalue weighted by Crippen LogP contribution is 2.30. The van der Waals surface area contributed by atoms with Gasteiger partial charge in [0, 0.05) is 12.6 Å². The van der Waals surface area contributed by atoms with Crippen LogP contribution in [0.3, 0.4) is 0 Å². The van der Waals surface area contributed by atoms with Crippen LogP contribution in [0.4, 0.5) is 0 Å². The number of aromatic nitrogens is 1. The Morgan fingerprint density at radius 2 is 2.24 bits per heavy atom. The van der Waals surface area contributed by atoms with Crippen molar-refractivity contribution in [2.24, 2.45) is 5.73 Å². The van der Waals surface area contributed by atoms with E-state index in [2.05, 4.69) is 18.8 Å². The molecule has 1 heterocycles. The van der Waals surface area contributed by atoms with Crippen LogP contribution in [-0.2, 0) is 5.41 Å². The molecule has 0 aliphatic rings. The summed E-state index contributed by atoms with van der Waals surface area (Å²) in [5, 5.41) is 0. The third-order valence-electron chi connectivity index (χ3n) is 3.34. The van der Waals surface area contributed by atoms with Crippen molar-refractivity contribution >= 4 is 11.1 Å². The zero-order valence-corrected chi connectivity index (χ0v) is 10.5. The van der Waals surface area contributed by atoms with Gasteiger partial charge in [0.15, 0.2) is 5.58 Å². The molecule has 4 nitrogen and oxygen atoms in total. The first-order valence-electron chi connectivity index (χ1n) is 5.78. The molecule has 0 saturated carbocycles. The largest absolute Gasteiger partial charge is 0.497 e. The van der Waals surface area contributed by atoms with E-state index in [4.69, 9.17) is 14.9 Å². The van der Waals surface area contributed by atoms with Gasteiger partial charge in [-0.25, -0.2) is 4.98 Å². The van der Waals surface area contributed by atoms with Crippen molar-refractivity contribution in [3.63, 3.8) is 0 Å². The summed E-state index contributed by atoms with van der Waals surface area (Å²) in [6, 6.07) is 5.61. The highest BCUT2D eigenvalue weighted by molar-refractivity contribution is 5.74. The molecule has 0 spiro atoms. The molecule has 0 aliphatic heterocycles. The predicted octanol–water partition coefficient (Wildman–Crippen LogP) is 2.46. The summed E-state index contributed by atoms with van der Waals surface area (Å²) in [4.78, 5) is 4.51. The lowest BCUT2D eigenvalue weighted by molar-refractivity contribution is 0.353. The fourth-order valence-corrected chi connectivity index (χ4v) is 1.68. The highest BCUT2D eigenvalue weighted by atomic mass is 16.5. The van der Waals surface area contributed by atoms with Gasteiger partial charge in [-0.2, -0.15) is 0 Å². The number of ether oxygens (including phenoxy) is 1. The van der Waals surface area contributed by atoms with Crippen LogP contribution in [0.5, 0.6) is 5.75 Å². The molecule has 0 aliphatic carbocycles. The third kappa shape index (κ3) is 2.00. The minimum absolute atomic E-state index is 0.202. The summed E-state index contributed by atoms with van der Waals surface area (Å²) in [6.07, 6.45) is 0.896. The number of benzene rings is 1. The van der Waals surface area contributed by atoms with Gasteiger partial charge in [-0.1, -0.05) is 6.92 Å². The second kappa shape index (κ2) is 4.37. The van der Waals surface area contributed by atoms with Gasteiger partial charge in [-0.3, -0.25) is 0 Å². The number of nitrogens with two attached hydrogens (primary N) is 1. The topological polar surface area (TPSA) is 61.3 Å². The number of nitrogens with zero attached hydrogens (tertiary/aromatic N) is 1. The van der Waals surface area contributed by atoms with Crippen LogP contribution in [-0.4, -0.2) is 18.6 Å². The number of fused-ring (bicyclic) bond motifs is 1. The van der Waals surface area contributed by atoms with Crippen molar-refractivity contribution in [3.8, 4) is 5.75 Å². The van der Waals surface area contributed by atoms with Gasteiger partial charge in [-0.05, 0) is 25.5 Å². The maximum absolute atomic E-state index is 5.80. The fraction of sp³-hybridized carbons (Fsp3) is 0.462. The first-order valence-corrected chi connectivity index (χ1v) is 5.78. The summed E-state index contributed by atoms with van der Waals surface area (Å²) < 4.78 is 10.9. The lowest BCUT2D eigenvalue weighted by atomic mass is 9.88. The van der Waals surface area contributed by atoms with Crippen LogP contribution < -0.4 is 10.5 Å². The number of hydrogen-bond donors (Lipinski definition) is 1. The lowest BCUT2D eigenvalue weighted by Crippen LogP contribution is -2.31. The SMILES string of the molecule is CCC(C)(CN)c1nc2cc(OC)ccc2o1. The molecular weight excluding hydrogens is 216 g/mol. The molecule has 2 aromatic rings. The van der Waals surface area contributed by atoms with Gasteiger partial charge in [0.2, 0.25) is 5.89 Å². The Labute approximate surface area is 101 Å². The Kier molecular flexibility index (Phi) is 3.07. The van der Waals surface area contributed by atoms with Crippen molar-refractivity contribution in [3.05, 3.63) is 24.1 Å². The third-order valence-corrected chi connectivity index (χ3v) is 3.34. The minimum atomic E-state index is -0.202. The van der Waals surface area contributed by atoms with Crippen LogP contribution in [0.2, 0.25) is 0 Å². The van der Waals surface area contributed by atoms with E-state index < -0.39 is 0 Å². The van der Waals surface area contributed by atoms with Crippen molar-refractivity contribution in [2.45, 2.75) is 25.7 Å². The van der Waals surface area contributed by atoms with Crippen molar-refractivity contribution in [2.75, 3.05) is 13.7 Å². The summed E-state index contributed by atoms with van der Waals surface area (Å²) >= 11 is 0. The molecule has 1 aromatic heterocycles. The second-order valence-corrected chi connectivity index (χ2v) is 4.47. The molecule has 1 aromatic carbocycles. The van der Waals surface area contributed by atoms with Gasteiger partial charge in [0.05, 0.1) is 12.5 Å². The number of oxazole rings is 1. The Hall–Kier alpha value is -1.55. The monoisotopic (exact) mass is 234 g/mol. The Bertz CT molecular complexity index is 515. The Balaban J connectivity index is 2.50. The van der Waals surface area contributed by atoms with Crippen molar-refractivity contribution in [1.82, 2.24) is 4.98 Å². The van der Waals surface area contributed by atoms with Gasteiger partial charge < -0.3 is 14.9 Å². The summed E-state index contributed by atoms with van der Waals surface area (Å²) in [5.74, 6) is 1.48. The van der Waals surface area contributed by atoms with Gasteiger partial charge in [0.25, 0.3) is 0 Å².